The summed E-state index contributed by atoms with van der Waals surface area (Å²) >= 11 is 17.1. The minimum absolute atomic E-state index is 0.279. The summed E-state index contributed by atoms with van der Waals surface area (Å²) in [5.41, 5.74) is 2.49. The first-order valence-corrected chi connectivity index (χ1v) is 20.6. The van der Waals surface area contributed by atoms with Gasteiger partial charge in [-0.1, -0.05) is 79.0 Å². The molecular formula is C41H56Cl3N5O9. The fourth-order valence-corrected chi connectivity index (χ4v) is 6.95. The van der Waals surface area contributed by atoms with E-state index in [-0.39, 0.29) is 19.6 Å². The summed E-state index contributed by atoms with van der Waals surface area (Å²) in [6, 6.07) is 7.21. The lowest BCUT2D eigenvalue weighted by Crippen LogP contribution is -2.60. The largest absolute Gasteiger partial charge is 0.460 e. The second-order valence-electron chi connectivity index (χ2n) is 16.9. The molecule has 2 saturated heterocycles. The maximum Gasteiger partial charge on any atom is 0.408 e. The Bertz CT molecular complexity index is 1860. The molecule has 1 aromatic heterocycles. The molecular weight excluding hydrogens is 813 g/mol. The average Bonchev–Trinajstić information content (AvgIpc) is 3.12. The van der Waals surface area contributed by atoms with E-state index in [4.69, 9.17) is 58.7 Å². The molecule has 2 aromatic rings. The van der Waals surface area contributed by atoms with Crippen molar-refractivity contribution >= 4 is 81.6 Å². The number of benzene rings is 1. The van der Waals surface area contributed by atoms with Crippen molar-refractivity contribution in [3.63, 3.8) is 0 Å². The van der Waals surface area contributed by atoms with Crippen LogP contribution >= 0.6 is 34.8 Å². The molecule has 4 rings (SSSR count). The quantitative estimate of drug-likeness (QED) is 0.115. The molecule has 3 N–H and O–H groups in total. The Balaban J connectivity index is 1.49. The predicted molar refractivity (Wildman–Crippen MR) is 222 cm³/mol. The molecule has 0 spiro atoms. The predicted octanol–water partition coefficient (Wildman–Crippen LogP) is 6.89. The maximum absolute atomic E-state index is 14.3. The summed E-state index contributed by atoms with van der Waals surface area (Å²) in [5.74, 6) is -2.87. The minimum atomic E-state index is -1.78. The fraction of sp³-hybridized carbons (Fsp3) is 0.610. The van der Waals surface area contributed by atoms with Crippen LogP contribution in [0.1, 0.15) is 105 Å². The normalized spacial score (nSPS) is 21.5. The smallest absolute Gasteiger partial charge is 0.408 e. The highest BCUT2D eigenvalue weighted by molar-refractivity contribution is 6.67. The summed E-state index contributed by atoms with van der Waals surface area (Å²) in [7, 11) is 0. The Morgan fingerprint density at radius 2 is 1.74 bits per heavy atom. The lowest BCUT2D eigenvalue weighted by molar-refractivity contribution is -0.177. The highest BCUT2D eigenvalue weighted by Crippen LogP contribution is 2.42. The van der Waals surface area contributed by atoms with Gasteiger partial charge in [-0.05, 0) is 97.8 Å². The highest BCUT2D eigenvalue weighted by Gasteiger charge is 2.47. The number of pyridine rings is 1. The number of carbonyl (C=O) groups excluding carboxylic acids is 5. The number of ether oxygens (including phenoxy) is 4. The summed E-state index contributed by atoms with van der Waals surface area (Å²) in [6.07, 6.45) is 3.36. The lowest BCUT2D eigenvalue weighted by Gasteiger charge is -2.42. The zero-order chi connectivity index (χ0) is 43.2. The first-order valence-electron chi connectivity index (χ1n) is 19.4. The van der Waals surface area contributed by atoms with Crippen molar-refractivity contribution in [2.45, 2.75) is 127 Å². The van der Waals surface area contributed by atoms with E-state index in [2.05, 4.69) is 16.1 Å². The van der Waals surface area contributed by atoms with E-state index < -0.39 is 87.0 Å². The molecule has 0 radical (unpaired) electrons. The molecule has 3 amide bonds. The number of rotatable bonds is 12. The van der Waals surface area contributed by atoms with E-state index in [0.717, 1.165) is 10.9 Å². The number of halogens is 3. The number of hydrazine groups is 1. The Morgan fingerprint density at radius 3 is 2.38 bits per heavy atom. The van der Waals surface area contributed by atoms with Crippen LogP contribution in [0.3, 0.4) is 0 Å². The van der Waals surface area contributed by atoms with Gasteiger partial charge in [-0.2, -0.15) is 0 Å². The van der Waals surface area contributed by atoms with E-state index in [1.165, 1.54) is 11.9 Å². The number of hydrogen-bond donors (Lipinski definition) is 3. The van der Waals surface area contributed by atoms with Crippen LogP contribution in [0.25, 0.3) is 17.0 Å². The van der Waals surface area contributed by atoms with Crippen LogP contribution in [0.4, 0.5) is 4.79 Å². The molecule has 0 saturated carbocycles. The number of nitrogens with one attached hydrogen (secondary N) is 3. The van der Waals surface area contributed by atoms with Gasteiger partial charge >= 0.3 is 18.0 Å². The third kappa shape index (κ3) is 13.4. The third-order valence-electron chi connectivity index (χ3n) is 9.64. The molecule has 2 aliphatic heterocycles. The monoisotopic (exact) mass is 867 g/mol. The Hall–Kier alpha value is -3.69. The summed E-state index contributed by atoms with van der Waals surface area (Å²) < 4.78 is 20.7. The maximum atomic E-state index is 14.3. The molecule has 58 heavy (non-hydrogen) atoms. The molecule has 1 unspecified atom stereocenters. The Kier molecular flexibility index (Phi) is 15.5. The van der Waals surface area contributed by atoms with Crippen molar-refractivity contribution < 1.29 is 42.9 Å². The molecule has 14 nitrogen and oxygen atoms in total. The highest BCUT2D eigenvalue weighted by atomic mass is 35.6. The van der Waals surface area contributed by atoms with Gasteiger partial charge in [0.15, 0.2) is 6.10 Å². The first kappa shape index (κ1) is 47.0. The van der Waals surface area contributed by atoms with Gasteiger partial charge in [-0.3, -0.25) is 29.2 Å². The van der Waals surface area contributed by atoms with Crippen molar-refractivity contribution in [1.82, 2.24) is 26.1 Å². The van der Waals surface area contributed by atoms with E-state index in [1.54, 1.807) is 34.6 Å². The van der Waals surface area contributed by atoms with Crippen LogP contribution in [-0.4, -0.2) is 92.8 Å². The fourth-order valence-electron chi connectivity index (χ4n) is 6.79. The van der Waals surface area contributed by atoms with Gasteiger partial charge in [0.2, 0.25) is 3.79 Å². The zero-order valence-electron chi connectivity index (χ0n) is 34.6. The number of amides is 3. The first-order chi connectivity index (χ1) is 26.9. The number of carbonyl (C=O) groups is 5. The molecule has 2 aliphatic rings. The molecule has 0 bridgehead atoms. The van der Waals surface area contributed by atoms with Crippen molar-refractivity contribution in [1.29, 1.82) is 0 Å². The second-order valence-corrected chi connectivity index (χ2v) is 19.4. The van der Waals surface area contributed by atoms with Crippen LogP contribution in [0, 0.1) is 11.3 Å². The topological polar surface area (TPSA) is 174 Å². The molecule has 2 fully saturated rings. The van der Waals surface area contributed by atoms with Gasteiger partial charge in [0, 0.05) is 18.5 Å². The van der Waals surface area contributed by atoms with Crippen LogP contribution in [0.2, 0.25) is 0 Å². The van der Waals surface area contributed by atoms with Crippen molar-refractivity contribution in [3.05, 3.63) is 47.7 Å². The molecule has 3 heterocycles. The van der Waals surface area contributed by atoms with Crippen molar-refractivity contribution in [3.8, 4) is 0 Å². The summed E-state index contributed by atoms with van der Waals surface area (Å²) in [6.45, 7) is 16.1. The molecule has 1 aromatic carbocycles. The third-order valence-corrected chi connectivity index (χ3v) is 9.97. The molecule has 5 atom stereocenters. The van der Waals surface area contributed by atoms with Crippen LogP contribution in [0.15, 0.2) is 36.4 Å². The molecule has 320 valence electrons. The number of nitrogens with zero attached hydrogens (tertiary/aromatic N) is 2. The van der Waals surface area contributed by atoms with Crippen LogP contribution < -0.4 is 16.1 Å². The number of alkyl carbamates (subject to hydrolysis) is 1. The summed E-state index contributed by atoms with van der Waals surface area (Å²) in [5, 5.41) is 7.66. The van der Waals surface area contributed by atoms with Crippen LogP contribution in [-0.2, 0) is 38.1 Å². The Labute approximate surface area is 355 Å². The van der Waals surface area contributed by atoms with Gasteiger partial charge in [-0.25, -0.2) is 10.2 Å². The van der Waals surface area contributed by atoms with Crippen molar-refractivity contribution in [2.75, 3.05) is 19.8 Å². The minimum Gasteiger partial charge on any atom is -0.460 e. The SMILES string of the molecule is CC(C)[C@H](OC(=O)C1(C=Cc2ccc3ccc([C@@H](C)NC(=O)OC(C)(C)C)nc3c2)CCOC(C)(C)C1)C(=O)N[C@@H](C)C(=O)N1CCC[C@@H](C(=O)OCC(Cl)(Cl)Cl)N1. The number of hydrogen-bond acceptors (Lipinski definition) is 11. The summed E-state index contributed by atoms with van der Waals surface area (Å²) in [4.78, 5) is 71.2. The number of fused-ring (bicyclic) bond motifs is 1. The zero-order valence-corrected chi connectivity index (χ0v) is 36.8. The van der Waals surface area contributed by atoms with E-state index in [0.29, 0.717) is 30.5 Å². The molecule has 17 heteroatoms. The number of alkyl halides is 3. The van der Waals surface area contributed by atoms with Gasteiger partial charge in [0.05, 0.1) is 28.3 Å². The van der Waals surface area contributed by atoms with Gasteiger partial charge in [-0.15, -0.1) is 0 Å². The lowest BCUT2D eigenvalue weighted by atomic mass is 9.73. The van der Waals surface area contributed by atoms with Gasteiger partial charge in [0.1, 0.15) is 24.3 Å². The van der Waals surface area contributed by atoms with Gasteiger partial charge in [0.25, 0.3) is 11.8 Å². The van der Waals surface area contributed by atoms with Crippen LogP contribution in [0.5, 0.6) is 0 Å². The average molecular weight is 869 g/mol. The Morgan fingerprint density at radius 1 is 1.05 bits per heavy atom. The van der Waals surface area contributed by atoms with Gasteiger partial charge < -0.3 is 29.6 Å². The van der Waals surface area contributed by atoms with E-state index in [1.807, 2.05) is 63.3 Å². The number of esters is 2. The second kappa shape index (κ2) is 19.1. The number of aromatic nitrogens is 1. The van der Waals surface area contributed by atoms with E-state index >= 15 is 0 Å². The van der Waals surface area contributed by atoms with Crippen molar-refractivity contribution in [2.24, 2.45) is 11.3 Å². The molecule has 0 aliphatic carbocycles. The standard InChI is InChI=1S/C41H56Cl3N5O9/c1-24(2)32(33(50)45-26(4)34(51)49-19-10-11-30(48-49)35(52)55-23-41(42,43)44)57-36(53)40(18-20-56-39(8,9)22-40)17-16-27-12-13-28-14-15-29(47-31(28)21-27)25(3)46-37(54)58-38(5,6)7/h12-17,21,24-26,30,32,48H,10-11,18-20,22-23H2,1-9H3,(H,45,50)(H,46,54)/t25-,26+,30+,32+,40?/m1/s1. The van der Waals surface area contributed by atoms with E-state index in [9.17, 15) is 24.0 Å².